The maximum Gasteiger partial charge on any atom is 0.498 e. The van der Waals surface area contributed by atoms with Crippen LogP contribution in [0.4, 0.5) is 0 Å². The van der Waals surface area contributed by atoms with E-state index in [1.54, 1.807) is 16.9 Å². The van der Waals surface area contributed by atoms with E-state index in [2.05, 4.69) is 5.10 Å². The molecule has 5 nitrogen and oxygen atoms in total. The molecule has 0 atom stereocenters. The van der Waals surface area contributed by atoms with E-state index in [4.69, 9.17) is 9.31 Å². The fourth-order valence-corrected chi connectivity index (χ4v) is 2.37. The van der Waals surface area contributed by atoms with Gasteiger partial charge in [0.15, 0.2) is 0 Å². The second-order valence-electron chi connectivity index (χ2n) is 6.33. The van der Waals surface area contributed by atoms with Gasteiger partial charge < -0.3 is 14.4 Å². The number of aromatic hydroxyl groups is 1. The molecule has 1 aliphatic heterocycles. The van der Waals surface area contributed by atoms with E-state index in [9.17, 15) is 5.11 Å². The molecule has 0 amide bonds. The van der Waals surface area contributed by atoms with Crippen LogP contribution < -0.4 is 5.46 Å². The van der Waals surface area contributed by atoms with Crippen molar-refractivity contribution in [2.75, 3.05) is 0 Å². The Kier molecular flexibility index (Phi) is 2.69. The lowest BCUT2D eigenvalue weighted by atomic mass is 9.78. The Labute approximate surface area is 118 Å². The highest BCUT2D eigenvalue weighted by Gasteiger charge is 2.52. The lowest BCUT2D eigenvalue weighted by Gasteiger charge is -2.32. The summed E-state index contributed by atoms with van der Waals surface area (Å²) in [7, 11) is 1.28. The molecule has 2 heterocycles. The molecule has 1 aromatic carbocycles. The van der Waals surface area contributed by atoms with E-state index >= 15 is 0 Å². The van der Waals surface area contributed by atoms with Gasteiger partial charge in [0.25, 0.3) is 0 Å². The fraction of sp³-hybridized carbons (Fsp3) is 0.500. The smallest absolute Gasteiger partial charge is 0.498 e. The van der Waals surface area contributed by atoms with Gasteiger partial charge in [-0.25, -0.2) is 0 Å². The second kappa shape index (κ2) is 3.99. The van der Waals surface area contributed by atoms with Crippen LogP contribution in [-0.2, 0) is 16.4 Å². The van der Waals surface area contributed by atoms with Crippen LogP contribution in [0.1, 0.15) is 27.7 Å². The predicted molar refractivity (Wildman–Crippen MR) is 78.1 cm³/mol. The Morgan fingerprint density at radius 1 is 1.15 bits per heavy atom. The summed E-state index contributed by atoms with van der Waals surface area (Å²) in [6.07, 6.45) is 1.77. The number of aryl methyl sites for hydroxylation is 1. The standard InChI is InChI=1S/C14H19BN2O3/c1-13(2)14(3,4)20-15(19-13)10-6-9-8-16-17(5)11(9)7-12(10)18/h6-8,18H,1-5H3. The van der Waals surface area contributed by atoms with E-state index < -0.39 is 18.3 Å². The van der Waals surface area contributed by atoms with Crippen molar-refractivity contribution < 1.29 is 14.4 Å². The molecule has 20 heavy (non-hydrogen) atoms. The molecule has 1 aromatic heterocycles. The van der Waals surface area contributed by atoms with Gasteiger partial charge in [0, 0.05) is 24.0 Å². The lowest BCUT2D eigenvalue weighted by Crippen LogP contribution is -2.41. The van der Waals surface area contributed by atoms with Gasteiger partial charge in [-0.2, -0.15) is 5.10 Å². The van der Waals surface area contributed by atoms with E-state index in [1.165, 1.54) is 0 Å². The van der Waals surface area contributed by atoms with Crippen LogP contribution >= 0.6 is 0 Å². The molecule has 0 spiro atoms. The molecule has 106 valence electrons. The number of hydrogen-bond donors (Lipinski definition) is 1. The number of aromatic nitrogens is 2. The van der Waals surface area contributed by atoms with E-state index in [1.807, 2.05) is 40.8 Å². The van der Waals surface area contributed by atoms with Gasteiger partial charge >= 0.3 is 7.12 Å². The lowest BCUT2D eigenvalue weighted by molar-refractivity contribution is 0.00578. The Balaban J connectivity index is 2.05. The number of fused-ring (bicyclic) bond motifs is 1. The average Bonchev–Trinajstić information content (AvgIpc) is 2.77. The summed E-state index contributed by atoms with van der Waals surface area (Å²) in [6, 6.07) is 3.57. The fourth-order valence-electron chi connectivity index (χ4n) is 2.37. The maximum atomic E-state index is 10.3. The van der Waals surface area contributed by atoms with Crippen LogP contribution in [0.25, 0.3) is 10.9 Å². The minimum atomic E-state index is -0.565. The molecule has 0 aliphatic carbocycles. The molecule has 0 saturated carbocycles. The zero-order chi connectivity index (χ0) is 14.7. The summed E-state index contributed by atoms with van der Waals surface area (Å²) < 4.78 is 13.7. The predicted octanol–water partition coefficient (Wildman–Crippen LogP) is 1.58. The molecular weight excluding hydrogens is 255 g/mol. The first kappa shape index (κ1) is 13.5. The summed E-state index contributed by atoms with van der Waals surface area (Å²) in [6.45, 7) is 7.97. The Bertz CT molecular complexity index is 662. The number of rotatable bonds is 1. The van der Waals surface area contributed by atoms with Gasteiger partial charge in [-0.3, -0.25) is 4.68 Å². The van der Waals surface area contributed by atoms with Crippen molar-refractivity contribution in [2.45, 2.75) is 38.9 Å². The van der Waals surface area contributed by atoms with Gasteiger partial charge in [-0.1, -0.05) is 0 Å². The Morgan fingerprint density at radius 2 is 1.75 bits per heavy atom. The molecular formula is C14H19BN2O3. The van der Waals surface area contributed by atoms with Crippen molar-refractivity contribution in [2.24, 2.45) is 7.05 Å². The molecule has 6 heteroatoms. The second-order valence-corrected chi connectivity index (χ2v) is 6.33. The zero-order valence-corrected chi connectivity index (χ0v) is 12.5. The third-order valence-electron chi connectivity index (χ3n) is 4.40. The van der Waals surface area contributed by atoms with Crippen molar-refractivity contribution in [3.8, 4) is 5.75 Å². The number of phenols is 1. The molecule has 3 rings (SSSR count). The quantitative estimate of drug-likeness (QED) is 0.802. The topological polar surface area (TPSA) is 56.5 Å². The van der Waals surface area contributed by atoms with Crippen LogP contribution in [-0.4, -0.2) is 33.2 Å². The van der Waals surface area contributed by atoms with Crippen LogP contribution in [0.15, 0.2) is 18.3 Å². The van der Waals surface area contributed by atoms with Crippen molar-refractivity contribution in [1.82, 2.24) is 9.78 Å². The highest BCUT2D eigenvalue weighted by molar-refractivity contribution is 6.63. The summed E-state index contributed by atoms with van der Waals surface area (Å²) in [5.41, 5.74) is 0.675. The molecule has 1 aliphatic rings. The number of hydrogen-bond acceptors (Lipinski definition) is 4. The first-order valence-electron chi connectivity index (χ1n) is 6.71. The van der Waals surface area contributed by atoms with Crippen molar-refractivity contribution in [3.63, 3.8) is 0 Å². The van der Waals surface area contributed by atoms with Crippen molar-refractivity contribution >= 4 is 23.5 Å². The van der Waals surface area contributed by atoms with E-state index in [0.29, 0.717) is 5.46 Å². The minimum absolute atomic E-state index is 0.166. The highest BCUT2D eigenvalue weighted by Crippen LogP contribution is 2.37. The zero-order valence-electron chi connectivity index (χ0n) is 12.5. The maximum absolute atomic E-state index is 10.3. The molecule has 1 N–H and O–H groups in total. The monoisotopic (exact) mass is 274 g/mol. The normalized spacial score (nSPS) is 20.8. The SMILES string of the molecule is Cn1ncc2cc(B3OC(C)(C)C(C)(C)O3)c(O)cc21. The average molecular weight is 274 g/mol. The number of benzene rings is 1. The van der Waals surface area contributed by atoms with Gasteiger partial charge in [-0.15, -0.1) is 0 Å². The van der Waals surface area contributed by atoms with Crippen LogP contribution in [0.5, 0.6) is 5.75 Å². The summed E-state index contributed by atoms with van der Waals surface area (Å²) >= 11 is 0. The Morgan fingerprint density at radius 3 is 2.35 bits per heavy atom. The van der Waals surface area contributed by atoms with Gasteiger partial charge in [0.1, 0.15) is 5.75 Å². The van der Waals surface area contributed by atoms with Crippen molar-refractivity contribution in [3.05, 3.63) is 18.3 Å². The van der Waals surface area contributed by atoms with Gasteiger partial charge in [0.05, 0.1) is 22.9 Å². The first-order valence-corrected chi connectivity index (χ1v) is 6.71. The molecule has 2 aromatic rings. The van der Waals surface area contributed by atoms with Crippen molar-refractivity contribution in [1.29, 1.82) is 0 Å². The van der Waals surface area contributed by atoms with Crippen LogP contribution in [0.3, 0.4) is 0 Å². The largest absolute Gasteiger partial charge is 0.508 e. The van der Waals surface area contributed by atoms with E-state index in [0.717, 1.165) is 10.9 Å². The molecule has 0 radical (unpaired) electrons. The van der Waals surface area contributed by atoms with Crippen LogP contribution in [0.2, 0.25) is 0 Å². The summed E-state index contributed by atoms with van der Waals surface area (Å²) in [5, 5.41) is 15.4. The van der Waals surface area contributed by atoms with Gasteiger partial charge in [0.2, 0.25) is 0 Å². The van der Waals surface area contributed by atoms with Gasteiger partial charge in [-0.05, 0) is 33.8 Å². The summed E-state index contributed by atoms with van der Waals surface area (Å²) in [5.74, 6) is 0.166. The summed E-state index contributed by atoms with van der Waals surface area (Å²) in [4.78, 5) is 0. The third-order valence-corrected chi connectivity index (χ3v) is 4.40. The Hall–Kier alpha value is -1.53. The minimum Gasteiger partial charge on any atom is -0.508 e. The first-order chi connectivity index (χ1) is 9.21. The number of phenolic OH excluding ortho intramolecular Hbond substituents is 1. The third kappa shape index (κ3) is 1.83. The highest BCUT2D eigenvalue weighted by atomic mass is 16.7. The van der Waals surface area contributed by atoms with Crippen LogP contribution in [0, 0.1) is 0 Å². The molecule has 1 fully saturated rings. The molecule has 0 bridgehead atoms. The molecule has 0 unspecified atom stereocenters. The van der Waals surface area contributed by atoms with E-state index in [-0.39, 0.29) is 5.75 Å². The number of nitrogens with zero attached hydrogens (tertiary/aromatic N) is 2. The molecule has 1 saturated heterocycles.